The van der Waals surface area contributed by atoms with Gasteiger partial charge < -0.3 is 25.1 Å². The number of nitrogens with zero attached hydrogens (tertiary/aromatic N) is 1. The summed E-state index contributed by atoms with van der Waals surface area (Å²) in [6.07, 6.45) is -6.59. The highest BCUT2D eigenvalue weighted by Gasteiger charge is 2.62. The zero-order valence-corrected chi connectivity index (χ0v) is 17.6. The summed E-state index contributed by atoms with van der Waals surface area (Å²) < 4.78 is 70.9. The molecule has 1 fully saturated rings. The summed E-state index contributed by atoms with van der Waals surface area (Å²) in [4.78, 5) is 24.7. The third kappa shape index (κ3) is 3.79. The molecule has 2 rings (SSSR count). The van der Waals surface area contributed by atoms with Gasteiger partial charge in [0.1, 0.15) is 12.5 Å². The van der Waals surface area contributed by atoms with Crippen LogP contribution >= 0.6 is 11.6 Å². The SMILES string of the molecule is CC1NC(CF)C(C)(C(=O)[O-])C(c2c(F)ccc(Cl)c2C(F)(F)F)C1(CCC#N)C(=O)[O-]. The lowest BCUT2D eigenvalue weighted by Gasteiger charge is -2.61. The maximum atomic E-state index is 15.1. The van der Waals surface area contributed by atoms with Gasteiger partial charge in [0.15, 0.2) is 0 Å². The number of carboxylic acid groups (broad SMARTS) is 2. The largest absolute Gasteiger partial charge is 0.549 e. The van der Waals surface area contributed by atoms with Crippen molar-refractivity contribution in [3.05, 3.63) is 34.1 Å². The first-order valence-electron chi connectivity index (χ1n) is 9.38. The Morgan fingerprint density at radius 3 is 2.31 bits per heavy atom. The predicted octanol–water partition coefficient (Wildman–Crippen LogP) is 1.71. The summed E-state index contributed by atoms with van der Waals surface area (Å²) in [6, 6.07) is -0.403. The molecule has 176 valence electrons. The maximum Gasteiger partial charge on any atom is 0.418 e. The molecule has 0 saturated carbocycles. The number of halogens is 6. The van der Waals surface area contributed by atoms with Gasteiger partial charge in [-0.2, -0.15) is 18.4 Å². The average Bonchev–Trinajstić information content (AvgIpc) is 2.68. The molecular weight excluding hydrogens is 463 g/mol. The van der Waals surface area contributed by atoms with E-state index >= 15 is 4.39 Å². The highest BCUT2D eigenvalue weighted by molar-refractivity contribution is 6.31. The minimum absolute atomic E-state index is 0.532. The summed E-state index contributed by atoms with van der Waals surface area (Å²) in [7, 11) is 0. The fourth-order valence-electron chi connectivity index (χ4n) is 4.79. The Hall–Kier alpha value is -2.45. The van der Waals surface area contributed by atoms with Crippen molar-refractivity contribution in [3.63, 3.8) is 0 Å². The maximum absolute atomic E-state index is 15.1. The van der Waals surface area contributed by atoms with Crippen LogP contribution in [-0.2, 0) is 15.8 Å². The van der Waals surface area contributed by atoms with Crippen molar-refractivity contribution in [2.45, 2.75) is 50.9 Å². The number of carboxylic acids is 2. The summed E-state index contributed by atoms with van der Waals surface area (Å²) >= 11 is 5.71. The number of carbonyl (C=O) groups excluding carboxylic acids is 2. The number of aliphatic carboxylic acids is 2. The van der Waals surface area contributed by atoms with Gasteiger partial charge >= 0.3 is 6.18 Å². The molecule has 1 aliphatic heterocycles. The van der Waals surface area contributed by atoms with Crippen molar-refractivity contribution in [1.29, 1.82) is 5.26 Å². The lowest BCUT2D eigenvalue weighted by molar-refractivity contribution is -0.336. The van der Waals surface area contributed by atoms with Crippen LogP contribution in [-0.4, -0.2) is 30.7 Å². The fourth-order valence-corrected chi connectivity index (χ4v) is 5.06. The number of nitriles is 1. The van der Waals surface area contributed by atoms with E-state index in [2.05, 4.69) is 5.32 Å². The van der Waals surface area contributed by atoms with Gasteiger partial charge in [-0.1, -0.05) is 18.5 Å². The van der Waals surface area contributed by atoms with Gasteiger partial charge in [-0.3, -0.25) is 0 Å². The van der Waals surface area contributed by atoms with Crippen LogP contribution in [0, 0.1) is 28.0 Å². The number of hydrogen-bond acceptors (Lipinski definition) is 6. The Balaban J connectivity index is 3.13. The molecule has 32 heavy (non-hydrogen) atoms. The first-order chi connectivity index (χ1) is 14.7. The molecule has 12 heteroatoms. The highest BCUT2D eigenvalue weighted by atomic mass is 35.5. The number of hydrogen-bond donors (Lipinski definition) is 1. The van der Waals surface area contributed by atoms with Crippen LogP contribution in [0.1, 0.15) is 43.7 Å². The smallest absolute Gasteiger partial charge is 0.418 e. The van der Waals surface area contributed by atoms with Crippen LogP contribution in [0.3, 0.4) is 0 Å². The Kier molecular flexibility index (Phi) is 7.12. The second kappa shape index (κ2) is 8.83. The van der Waals surface area contributed by atoms with Gasteiger partial charge in [-0.15, -0.1) is 0 Å². The fraction of sp³-hybridized carbons (Fsp3) is 0.550. The quantitative estimate of drug-likeness (QED) is 0.620. The zero-order valence-electron chi connectivity index (χ0n) is 16.9. The number of alkyl halides is 4. The predicted molar refractivity (Wildman–Crippen MR) is 96.9 cm³/mol. The molecule has 5 atom stereocenters. The van der Waals surface area contributed by atoms with E-state index in [1.165, 1.54) is 0 Å². The second-order valence-electron chi connectivity index (χ2n) is 7.90. The topological polar surface area (TPSA) is 116 Å². The molecule has 0 bridgehead atoms. The minimum atomic E-state index is -5.33. The lowest BCUT2D eigenvalue weighted by atomic mass is 9.50. The van der Waals surface area contributed by atoms with Gasteiger partial charge in [-0.05, 0) is 25.5 Å². The van der Waals surface area contributed by atoms with Crippen LogP contribution in [0.4, 0.5) is 22.0 Å². The van der Waals surface area contributed by atoms with Gasteiger partial charge in [0.2, 0.25) is 0 Å². The third-order valence-electron chi connectivity index (χ3n) is 6.40. The van der Waals surface area contributed by atoms with Gasteiger partial charge in [0.05, 0.1) is 16.7 Å². The van der Waals surface area contributed by atoms with Crippen LogP contribution in [0.2, 0.25) is 5.02 Å². The van der Waals surface area contributed by atoms with Gasteiger partial charge in [0, 0.05) is 52.8 Å². The van der Waals surface area contributed by atoms with Crippen LogP contribution in [0.25, 0.3) is 0 Å². The summed E-state index contributed by atoms with van der Waals surface area (Å²) in [5.41, 5.74) is -8.42. The normalized spacial score (nSPS) is 30.5. The lowest BCUT2D eigenvalue weighted by Crippen LogP contribution is -2.73. The third-order valence-corrected chi connectivity index (χ3v) is 6.72. The molecule has 5 unspecified atom stereocenters. The van der Waals surface area contributed by atoms with Crippen LogP contribution < -0.4 is 15.5 Å². The van der Waals surface area contributed by atoms with E-state index in [9.17, 15) is 37.4 Å². The Morgan fingerprint density at radius 2 is 1.88 bits per heavy atom. The van der Waals surface area contributed by atoms with E-state index in [4.69, 9.17) is 16.9 Å². The number of piperidine rings is 1. The molecule has 0 aliphatic carbocycles. The second-order valence-corrected chi connectivity index (χ2v) is 8.31. The molecule has 0 spiro atoms. The first-order valence-corrected chi connectivity index (χ1v) is 9.75. The molecule has 1 aromatic rings. The van der Waals surface area contributed by atoms with Crippen molar-refractivity contribution in [1.82, 2.24) is 5.32 Å². The molecule has 1 aromatic carbocycles. The van der Waals surface area contributed by atoms with E-state index in [-0.39, 0.29) is 0 Å². The molecule has 1 N–H and O–H groups in total. The van der Waals surface area contributed by atoms with Crippen molar-refractivity contribution in [3.8, 4) is 6.07 Å². The molecule has 0 aromatic heterocycles. The Morgan fingerprint density at radius 1 is 1.28 bits per heavy atom. The summed E-state index contributed by atoms with van der Waals surface area (Å²) in [6.45, 7) is 0.490. The summed E-state index contributed by atoms with van der Waals surface area (Å²) in [5.74, 6) is -8.09. The van der Waals surface area contributed by atoms with E-state index < -0.39 is 88.4 Å². The van der Waals surface area contributed by atoms with Crippen molar-refractivity contribution in [2.24, 2.45) is 10.8 Å². The number of benzene rings is 1. The standard InChI is InChI=1S/C20H20ClF5N2O4/c1-9-19(17(31)32,6-3-7-27)15(18(2,16(29)30)12(8-22)28-9)13-11(23)5-4-10(21)14(13)20(24,25)26/h4-5,9,12,15,28H,3,6,8H2,1-2H3,(H,29,30)(H,31,32)/p-2. The molecule has 1 saturated heterocycles. The molecule has 1 aliphatic rings. The van der Waals surface area contributed by atoms with Crippen LogP contribution in [0.15, 0.2) is 12.1 Å². The average molecular weight is 481 g/mol. The van der Waals surface area contributed by atoms with E-state index in [1.54, 1.807) is 6.07 Å². The van der Waals surface area contributed by atoms with Gasteiger partial charge in [-0.25, -0.2) is 8.78 Å². The van der Waals surface area contributed by atoms with E-state index in [0.717, 1.165) is 13.8 Å². The monoisotopic (exact) mass is 480 g/mol. The zero-order chi connectivity index (χ0) is 24.6. The highest BCUT2D eigenvalue weighted by Crippen LogP contribution is 2.59. The molecule has 6 nitrogen and oxygen atoms in total. The molecule has 1 heterocycles. The molecular formula is C20H18ClF5N2O4-2. The first kappa shape index (κ1) is 25.8. The number of carbonyl (C=O) groups is 2. The molecule has 0 radical (unpaired) electrons. The van der Waals surface area contributed by atoms with E-state index in [0.29, 0.717) is 12.1 Å². The number of nitrogens with one attached hydrogen (secondary N) is 1. The van der Waals surface area contributed by atoms with Crippen molar-refractivity contribution < 1.29 is 41.8 Å². The van der Waals surface area contributed by atoms with Gasteiger partial charge in [0.25, 0.3) is 0 Å². The molecule has 0 amide bonds. The summed E-state index contributed by atoms with van der Waals surface area (Å²) in [5, 5.41) is 35.1. The van der Waals surface area contributed by atoms with Crippen molar-refractivity contribution >= 4 is 23.5 Å². The Bertz CT molecular complexity index is 967. The minimum Gasteiger partial charge on any atom is -0.549 e. The van der Waals surface area contributed by atoms with Crippen molar-refractivity contribution in [2.75, 3.05) is 6.67 Å². The van der Waals surface area contributed by atoms with E-state index in [1.807, 2.05) is 0 Å². The van der Waals surface area contributed by atoms with Crippen LogP contribution in [0.5, 0.6) is 0 Å². The Labute approximate surface area is 185 Å². The number of rotatable bonds is 6.